The Bertz CT molecular complexity index is 465. The van der Waals surface area contributed by atoms with Gasteiger partial charge in [0.15, 0.2) is 0 Å². The first-order chi connectivity index (χ1) is 12.5. The molecule has 3 atom stereocenters. The van der Waals surface area contributed by atoms with Crippen LogP contribution in [0.2, 0.25) is 0 Å². The van der Waals surface area contributed by atoms with Gasteiger partial charge < -0.3 is 20.1 Å². The Labute approximate surface area is 157 Å². The molecule has 0 radical (unpaired) electrons. The second kappa shape index (κ2) is 16.8. The Hall–Kier alpha value is -1.69. The highest BCUT2D eigenvalue weighted by Crippen LogP contribution is 2.07. The number of methoxy groups -OCH3 is 1. The van der Waals surface area contributed by atoms with E-state index in [2.05, 4.69) is 11.7 Å². The molecule has 26 heavy (non-hydrogen) atoms. The van der Waals surface area contributed by atoms with E-state index in [0.717, 1.165) is 19.3 Å². The molecule has 0 spiro atoms. The number of carbonyl (C=O) groups excluding carboxylic acids is 1. The third-order valence-electron chi connectivity index (χ3n) is 3.80. The summed E-state index contributed by atoms with van der Waals surface area (Å²) in [6.07, 6.45) is 16.7. The molecule has 0 bridgehead atoms. The monoisotopic (exact) mass is 366 g/mol. The number of ether oxygens (including phenoxy) is 1. The van der Waals surface area contributed by atoms with E-state index < -0.39 is 18.3 Å². The van der Waals surface area contributed by atoms with Crippen LogP contribution in [0, 0.1) is 0 Å². The summed E-state index contributed by atoms with van der Waals surface area (Å²) in [5.74, 6) is -0.266. The molecule has 0 fully saturated rings. The Kier molecular flexibility index (Phi) is 15.7. The fourth-order valence-electron chi connectivity index (χ4n) is 2.18. The molecule has 3 N–H and O–H groups in total. The highest BCUT2D eigenvalue weighted by Gasteiger charge is 2.11. The van der Waals surface area contributed by atoms with Crippen LogP contribution in [0.4, 0.5) is 0 Å². The van der Waals surface area contributed by atoms with Gasteiger partial charge in [-0.2, -0.15) is 0 Å². The van der Waals surface area contributed by atoms with E-state index in [9.17, 15) is 20.1 Å². The zero-order chi connectivity index (χ0) is 19.6. The maximum absolute atomic E-state index is 10.9. The zero-order valence-electron chi connectivity index (χ0n) is 16.0. The summed E-state index contributed by atoms with van der Waals surface area (Å²) in [4.78, 5) is 10.9. The molecule has 0 unspecified atom stereocenters. The molecule has 0 saturated heterocycles. The maximum atomic E-state index is 10.9. The topological polar surface area (TPSA) is 87.0 Å². The van der Waals surface area contributed by atoms with E-state index in [4.69, 9.17) is 0 Å². The van der Waals surface area contributed by atoms with Crippen molar-refractivity contribution in [2.24, 2.45) is 0 Å². The van der Waals surface area contributed by atoms with Crippen LogP contribution in [-0.2, 0) is 9.53 Å². The van der Waals surface area contributed by atoms with Crippen molar-refractivity contribution >= 4 is 5.97 Å². The average molecular weight is 366 g/mol. The van der Waals surface area contributed by atoms with E-state index in [0.29, 0.717) is 25.7 Å². The van der Waals surface area contributed by atoms with Gasteiger partial charge in [-0.05, 0) is 19.3 Å². The SMILES string of the molecule is CCCCC[C@H](O)[C@H](O)/C=C/C=C/C=C\C=C\[C@@H](O)CCCC(=O)OC. The van der Waals surface area contributed by atoms with Crippen LogP contribution in [0.15, 0.2) is 48.6 Å². The van der Waals surface area contributed by atoms with Crippen molar-refractivity contribution in [1.82, 2.24) is 0 Å². The molecular formula is C21H34O5. The van der Waals surface area contributed by atoms with Crippen LogP contribution in [0.25, 0.3) is 0 Å². The number of aliphatic hydroxyl groups is 3. The third kappa shape index (κ3) is 14.6. The quantitative estimate of drug-likeness (QED) is 0.250. The lowest BCUT2D eigenvalue weighted by Gasteiger charge is -2.13. The summed E-state index contributed by atoms with van der Waals surface area (Å²) in [7, 11) is 1.35. The van der Waals surface area contributed by atoms with E-state index in [1.165, 1.54) is 7.11 Å². The number of rotatable bonds is 14. The van der Waals surface area contributed by atoms with Gasteiger partial charge in [-0.25, -0.2) is 0 Å². The highest BCUT2D eigenvalue weighted by atomic mass is 16.5. The van der Waals surface area contributed by atoms with Gasteiger partial charge in [0.05, 0.1) is 25.4 Å². The number of hydrogen-bond donors (Lipinski definition) is 3. The van der Waals surface area contributed by atoms with Crippen LogP contribution in [0.1, 0.15) is 51.9 Å². The average Bonchev–Trinajstić information content (AvgIpc) is 2.63. The maximum Gasteiger partial charge on any atom is 0.305 e. The number of allylic oxidation sites excluding steroid dienone is 6. The molecule has 0 rings (SSSR count). The lowest BCUT2D eigenvalue weighted by Crippen LogP contribution is -2.23. The number of aliphatic hydroxyl groups excluding tert-OH is 3. The number of esters is 1. The van der Waals surface area contributed by atoms with Gasteiger partial charge in [0.1, 0.15) is 0 Å². The Morgan fingerprint density at radius 1 is 0.885 bits per heavy atom. The first-order valence-electron chi connectivity index (χ1n) is 9.30. The fourth-order valence-corrected chi connectivity index (χ4v) is 2.18. The summed E-state index contributed by atoms with van der Waals surface area (Å²) in [5.41, 5.74) is 0. The molecule has 0 saturated carbocycles. The molecule has 0 amide bonds. The smallest absolute Gasteiger partial charge is 0.305 e. The molecule has 0 aromatic heterocycles. The Balaban J connectivity index is 3.96. The molecule has 0 aliphatic heterocycles. The van der Waals surface area contributed by atoms with E-state index in [1.54, 1.807) is 48.6 Å². The predicted molar refractivity (Wildman–Crippen MR) is 105 cm³/mol. The first-order valence-corrected chi connectivity index (χ1v) is 9.30. The van der Waals surface area contributed by atoms with Crippen molar-refractivity contribution in [2.75, 3.05) is 7.11 Å². The van der Waals surface area contributed by atoms with Crippen molar-refractivity contribution in [1.29, 1.82) is 0 Å². The minimum absolute atomic E-state index is 0.266. The van der Waals surface area contributed by atoms with Crippen LogP contribution in [0.3, 0.4) is 0 Å². The highest BCUT2D eigenvalue weighted by molar-refractivity contribution is 5.68. The lowest BCUT2D eigenvalue weighted by atomic mass is 10.1. The number of hydrogen-bond acceptors (Lipinski definition) is 5. The second-order valence-corrected chi connectivity index (χ2v) is 6.13. The molecule has 0 aliphatic rings. The standard InChI is InChI=1S/C21H34O5/c1-3-4-9-15-19(23)20(24)16-11-8-6-5-7-10-13-18(22)14-12-17-21(25)26-2/h5-8,10-11,13,16,18-20,22-24H,3-4,9,12,14-15,17H2,1-2H3/b7-5-,8-6+,13-10+,16-11+/t18-,19+,20-/m1/s1. The van der Waals surface area contributed by atoms with Crippen molar-refractivity contribution in [3.8, 4) is 0 Å². The van der Waals surface area contributed by atoms with Crippen LogP contribution in [0.5, 0.6) is 0 Å². The van der Waals surface area contributed by atoms with E-state index in [-0.39, 0.29) is 5.97 Å². The fraction of sp³-hybridized carbons (Fsp3) is 0.571. The minimum Gasteiger partial charge on any atom is -0.469 e. The second-order valence-electron chi connectivity index (χ2n) is 6.13. The van der Waals surface area contributed by atoms with Crippen LogP contribution >= 0.6 is 0 Å². The van der Waals surface area contributed by atoms with E-state index in [1.807, 2.05) is 0 Å². The van der Waals surface area contributed by atoms with Gasteiger partial charge in [0, 0.05) is 6.42 Å². The van der Waals surface area contributed by atoms with Crippen LogP contribution in [-0.4, -0.2) is 46.7 Å². The molecule has 5 heteroatoms. The molecular weight excluding hydrogens is 332 g/mol. The van der Waals surface area contributed by atoms with E-state index >= 15 is 0 Å². The van der Waals surface area contributed by atoms with Crippen LogP contribution < -0.4 is 0 Å². The third-order valence-corrected chi connectivity index (χ3v) is 3.80. The Morgan fingerprint density at radius 3 is 2.12 bits per heavy atom. The lowest BCUT2D eigenvalue weighted by molar-refractivity contribution is -0.140. The largest absolute Gasteiger partial charge is 0.469 e. The normalized spacial score (nSPS) is 16.0. The van der Waals surface area contributed by atoms with Gasteiger partial charge in [0.2, 0.25) is 0 Å². The van der Waals surface area contributed by atoms with Gasteiger partial charge in [-0.3, -0.25) is 4.79 Å². The molecule has 148 valence electrons. The summed E-state index contributed by atoms with van der Waals surface area (Å²) in [5, 5.41) is 29.3. The number of carbonyl (C=O) groups is 1. The summed E-state index contributed by atoms with van der Waals surface area (Å²) in [6, 6.07) is 0. The van der Waals surface area contributed by atoms with Gasteiger partial charge in [-0.15, -0.1) is 0 Å². The van der Waals surface area contributed by atoms with Crippen molar-refractivity contribution in [3.63, 3.8) is 0 Å². The molecule has 5 nitrogen and oxygen atoms in total. The summed E-state index contributed by atoms with van der Waals surface area (Å²) in [6.45, 7) is 2.10. The Morgan fingerprint density at radius 2 is 1.50 bits per heavy atom. The summed E-state index contributed by atoms with van der Waals surface area (Å²) >= 11 is 0. The molecule has 0 heterocycles. The molecule has 0 aromatic carbocycles. The predicted octanol–water partition coefficient (Wildman–Crippen LogP) is 3.22. The van der Waals surface area contributed by atoms with Crippen molar-refractivity contribution in [2.45, 2.75) is 70.2 Å². The minimum atomic E-state index is -0.847. The molecule has 0 aliphatic carbocycles. The van der Waals surface area contributed by atoms with Gasteiger partial charge >= 0.3 is 5.97 Å². The van der Waals surface area contributed by atoms with Crippen molar-refractivity contribution in [3.05, 3.63) is 48.6 Å². The zero-order valence-corrected chi connectivity index (χ0v) is 16.0. The summed E-state index contributed by atoms with van der Waals surface area (Å²) < 4.78 is 4.53. The number of unbranched alkanes of at least 4 members (excludes halogenated alkanes) is 2. The first kappa shape index (κ1) is 24.3. The molecule has 0 aromatic rings. The van der Waals surface area contributed by atoms with Crippen molar-refractivity contribution < 1.29 is 24.9 Å². The van der Waals surface area contributed by atoms with Gasteiger partial charge in [0.25, 0.3) is 0 Å². The van der Waals surface area contributed by atoms with Gasteiger partial charge in [-0.1, -0.05) is 74.8 Å².